The van der Waals surface area contributed by atoms with Crippen LogP contribution in [-0.4, -0.2) is 36.5 Å². The van der Waals surface area contributed by atoms with Crippen molar-refractivity contribution in [1.29, 1.82) is 0 Å². The van der Waals surface area contributed by atoms with E-state index in [2.05, 4.69) is 17.1 Å². The summed E-state index contributed by atoms with van der Waals surface area (Å²) in [6.45, 7) is 4.96. The first-order valence-corrected chi connectivity index (χ1v) is 9.37. The van der Waals surface area contributed by atoms with Crippen molar-refractivity contribution in [2.45, 2.75) is 32.2 Å². The SMILES string of the molecule is C[C@H](CNC(=O)c1ccc(-c2cc(Cl)ccc2Cl)o1)N1CCCCC1. The second-order valence-corrected chi connectivity index (χ2v) is 7.29. The molecule has 0 radical (unpaired) electrons. The van der Waals surface area contributed by atoms with E-state index in [0.29, 0.717) is 34.0 Å². The molecular formula is C19H22Cl2N2O2. The van der Waals surface area contributed by atoms with Crippen molar-refractivity contribution in [2.24, 2.45) is 0 Å². The topological polar surface area (TPSA) is 45.5 Å². The molecule has 1 aliphatic heterocycles. The zero-order valence-corrected chi connectivity index (χ0v) is 15.7. The van der Waals surface area contributed by atoms with Crippen molar-refractivity contribution in [2.75, 3.05) is 19.6 Å². The van der Waals surface area contributed by atoms with Crippen molar-refractivity contribution in [1.82, 2.24) is 10.2 Å². The highest BCUT2D eigenvalue weighted by Gasteiger charge is 2.19. The number of amides is 1. The molecule has 1 fully saturated rings. The smallest absolute Gasteiger partial charge is 0.287 e. The maximum absolute atomic E-state index is 12.3. The molecule has 0 spiro atoms. The van der Waals surface area contributed by atoms with Gasteiger partial charge >= 0.3 is 0 Å². The van der Waals surface area contributed by atoms with Crippen LogP contribution in [0, 0.1) is 0 Å². The Bertz CT molecular complexity index is 739. The zero-order chi connectivity index (χ0) is 17.8. The Morgan fingerprint density at radius 1 is 1.20 bits per heavy atom. The van der Waals surface area contributed by atoms with Gasteiger partial charge in [0.05, 0.1) is 5.02 Å². The molecule has 134 valence electrons. The van der Waals surface area contributed by atoms with E-state index < -0.39 is 0 Å². The number of likely N-dealkylation sites (tertiary alicyclic amines) is 1. The van der Waals surface area contributed by atoms with Crippen LogP contribution in [0.25, 0.3) is 11.3 Å². The van der Waals surface area contributed by atoms with Gasteiger partial charge in [0.25, 0.3) is 5.91 Å². The minimum Gasteiger partial charge on any atom is -0.451 e. The van der Waals surface area contributed by atoms with Gasteiger partial charge in [-0.3, -0.25) is 9.69 Å². The summed E-state index contributed by atoms with van der Waals surface area (Å²) in [6, 6.07) is 8.87. The third-order valence-corrected chi connectivity index (χ3v) is 5.16. The normalized spacial score (nSPS) is 16.6. The number of hydrogen-bond acceptors (Lipinski definition) is 3. The lowest BCUT2D eigenvalue weighted by molar-refractivity contribution is 0.0903. The van der Waals surface area contributed by atoms with Gasteiger partial charge in [-0.25, -0.2) is 0 Å². The molecule has 2 aromatic rings. The van der Waals surface area contributed by atoms with Crippen LogP contribution in [-0.2, 0) is 0 Å². The Morgan fingerprint density at radius 2 is 1.96 bits per heavy atom. The number of benzene rings is 1. The third-order valence-electron chi connectivity index (χ3n) is 4.60. The largest absolute Gasteiger partial charge is 0.451 e. The van der Waals surface area contributed by atoms with Gasteiger partial charge in [0, 0.05) is 23.2 Å². The Hall–Kier alpha value is -1.49. The highest BCUT2D eigenvalue weighted by Crippen LogP contribution is 2.31. The number of nitrogens with zero attached hydrogens (tertiary/aromatic N) is 1. The van der Waals surface area contributed by atoms with Crippen LogP contribution in [0.3, 0.4) is 0 Å². The molecule has 25 heavy (non-hydrogen) atoms. The quantitative estimate of drug-likeness (QED) is 0.805. The molecule has 1 aromatic heterocycles. The highest BCUT2D eigenvalue weighted by atomic mass is 35.5. The van der Waals surface area contributed by atoms with Gasteiger partial charge in [-0.2, -0.15) is 0 Å². The molecule has 1 saturated heterocycles. The summed E-state index contributed by atoms with van der Waals surface area (Å²) in [5, 5.41) is 4.05. The lowest BCUT2D eigenvalue weighted by Gasteiger charge is -2.32. The molecule has 1 N–H and O–H groups in total. The summed E-state index contributed by atoms with van der Waals surface area (Å²) in [6.07, 6.45) is 3.78. The molecule has 1 aromatic carbocycles. The number of piperidine rings is 1. The molecule has 0 aliphatic carbocycles. The van der Waals surface area contributed by atoms with Crippen molar-refractivity contribution in [3.63, 3.8) is 0 Å². The minimum atomic E-state index is -0.215. The maximum atomic E-state index is 12.3. The van der Waals surface area contributed by atoms with Crippen molar-refractivity contribution in [3.05, 3.63) is 46.1 Å². The highest BCUT2D eigenvalue weighted by molar-refractivity contribution is 6.35. The zero-order valence-electron chi connectivity index (χ0n) is 14.2. The standard InChI is InChI=1S/C19H22Cl2N2O2/c1-13(23-9-3-2-4-10-23)12-22-19(24)18-8-7-17(25-18)15-11-14(20)5-6-16(15)21/h5-8,11,13H,2-4,9-10,12H2,1H3,(H,22,24)/t13-/m1/s1. The fourth-order valence-electron chi connectivity index (χ4n) is 3.11. The van der Waals surface area contributed by atoms with Crippen LogP contribution >= 0.6 is 23.2 Å². The second-order valence-electron chi connectivity index (χ2n) is 6.44. The van der Waals surface area contributed by atoms with Crippen LogP contribution in [0.1, 0.15) is 36.7 Å². The van der Waals surface area contributed by atoms with Crippen LogP contribution in [0.5, 0.6) is 0 Å². The van der Waals surface area contributed by atoms with E-state index in [4.69, 9.17) is 27.6 Å². The van der Waals surface area contributed by atoms with Crippen LogP contribution in [0.15, 0.2) is 34.7 Å². The maximum Gasteiger partial charge on any atom is 0.287 e. The third kappa shape index (κ3) is 4.57. The Kier molecular flexibility index (Phi) is 6.05. The molecular weight excluding hydrogens is 359 g/mol. The molecule has 6 heteroatoms. The van der Waals surface area contributed by atoms with Gasteiger partial charge < -0.3 is 9.73 Å². The van der Waals surface area contributed by atoms with E-state index in [9.17, 15) is 4.79 Å². The lowest BCUT2D eigenvalue weighted by atomic mass is 10.1. The predicted octanol–water partition coefficient (Wildman–Crippen LogP) is 4.86. The van der Waals surface area contributed by atoms with E-state index >= 15 is 0 Å². The van der Waals surface area contributed by atoms with Crippen molar-refractivity contribution < 1.29 is 9.21 Å². The van der Waals surface area contributed by atoms with E-state index in [1.54, 1.807) is 30.3 Å². The van der Waals surface area contributed by atoms with Gasteiger partial charge in [0.1, 0.15) is 5.76 Å². The number of rotatable bonds is 5. The molecule has 2 heterocycles. The number of carbonyl (C=O) groups excluding carboxylic acids is 1. The second kappa shape index (κ2) is 8.26. The fraction of sp³-hybridized carbons (Fsp3) is 0.421. The summed E-state index contributed by atoms with van der Waals surface area (Å²) < 4.78 is 5.68. The van der Waals surface area contributed by atoms with Gasteiger partial charge in [-0.15, -0.1) is 0 Å². The minimum absolute atomic E-state index is 0.215. The van der Waals surface area contributed by atoms with Crippen LogP contribution in [0.2, 0.25) is 10.0 Å². The first-order chi connectivity index (χ1) is 12.0. The predicted molar refractivity (Wildman–Crippen MR) is 101 cm³/mol. The summed E-state index contributed by atoms with van der Waals surface area (Å²) in [7, 11) is 0. The van der Waals surface area contributed by atoms with Gasteiger partial charge in [-0.1, -0.05) is 29.6 Å². The summed E-state index contributed by atoms with van der Waals surface area (Å²) in [5.41, 5.74) is 0.676. The van der Waals surface area contributed by atoms with Gasteiger partial charge in [0.15, 0.2) is 5.76 Å². The van der Waals surface area contributed by atoms with E-state index in [0.717, 1.165) is 13.1 Å². The molecule has 0 unspecified atom stereocenters. The van der Waals surface area contributed by atoms with Crippen LogP contribution in [0.4, 0.5) is 0 Å². The first kappa shape index (κ1) is 18.3. The van der Waals surface area contributed by atoms with Crippen molar-refractivity contribution in [3.8, 4) is 11.3 Å². The monoisotopic (exact) mass is 380 g/mol. The molecule has 1 amide bonds. The molecule has 0 saturated carbocycles. The molecule has 3 rings (SSSR count). The first-order valence-electron chi connectivity index (χ1n) is 8.62. The number of halogens is 2. The average Bonchev–Trinajstić information content (AvgIpc) is 3.12. The Balaban J connectivity index is 1.61. The van der Waals surface area contributed by atoms with E-state index in [1.807, 2.05) is 0 Å². The molecule has 0 bridgehead atoms. The summed E-state index contributed by atoms with van der Waals surface area (Å²) >= 11 is 12.2. The molecule has 1 aliphatic rings. The number of hydrogen-bond donors (Lipinski definition) is 1. The number of carbonyl (C=O) groups is 1. The fourth-order valence-corrected chi connectivity index (χ4v) is 3.49. The number of furan rings is 1. The lowest BCUT2D eigenvalue weighted by Crippen LogP contribution is -2.44. The van der Waals surface area contributed by atoms with Gasteiger partial charge in [0.2, 0.25) is 0 Å². The molecule has 1 atom stereocenters. The summed E-state index contributed by atoms with van der Waals surface area (Å²) in [4.78, 5) is 14.8. The average molecular weight is 381 g/mol. The summed E-state index contributed by atoms with van der Waals surface area (Å²) in [5.74, 6) is 0.590. The van der Waals surface area contributed by atoms with Gasteiger partial charge in [-0.05, 0) is 63.2 Å². The Labute approximate surface area is 158 Å². The van der Waals surface area contributed by atoms with E-state index in [1.165, 1.54) is 19.3 Å². The van der Waals surface area contributed by atoms with Crippen LogP contribution < -0.4 is 5.32 Å². The number of nitrogens with one attached hydrogen (secondary N) is 1. The molecule has 4 nitrogen and oxygen atoms in total. The van der Waals surface area contributed by atoms with E-state index in [-0.39, 0.29) is 11.7 Å². The Morgan fingerprint density at radius 3 is 2.72 bits per heavy atom. The van der Waals surface area contributed by atoms with Crippen molar-refractivity contribution >= 4 is 29.1 Å².